The van der Waals surface area contributed by atoms with Gasteiger partial charge in [-0.05, 0) is 36.4 Å². The molecule has 1 heterocycles. The monoisotopic (exact) mass is 453 g/mol. The van der Waals surface area contributed by atoms with Gasteiger partial charge in [0.25, 0.3) is 5.56 Å². The van der Waals surface area contributed by atoms with E-state index < -0.39 is 17.1 Å². The molecule has 0 unspecified atom stereocenters. The molecule has 0 saturated carbocycles. The molecule has 2 N–H and O–H groups in total. The fourth-order valence-electron chi connectivity index (χ4n) is 2.23. The van der Waals surface area contributed by atoms with Gasteiger partial charge in [-0.3, -0.25) is 14.8 Å². The molecule has 0 saturated heterocycles. The van der Waals surface area contributed by atoms with E-state index in [1.807, 2.05) is 0 Å². The van der Waals surface area contributed by atoms with Crippen LogP contribution in [0, 0.1) is 0 Å². The van der Waals surface area contributed by atoms with Crippen LogP contribution in [0.4, 0.5) is 5.69 Å². The number of nitrogens with zero attached hydrogens (tertiary/aromatic N) is 2. The Morgan fingerprint density at radius 2 is 1.92 bits per heavy atom. The summed E-state index contributed by atoms with van der Waals surface area (Å²) >= 11 is 15.3. The van der Waals surface area contributed by atoms with Gasteiger partial charge in [0.1, 0.15) is 5.56 Å². The molecule has 132 valence electrons. The molecule has 6 nitrogen and oxygen atoms in total. The standard InChI is InChI=1S/C17H10BrCl2N3O3/c18-9-4-5-14(13(20)6-9)21-8-12-15(24)22-17(26)23(16(12)25)11-3-1-2-10(19)7-11/h1-8,25H,(H,22,24,26). The second-order valence-corrected chi connectivity index (χ2v) is 6.93. The van der Waals surface area contributed by atoms with E-state index in [0.717, 1.165) is 15.3 Å². The van der Waals surface area contributed by atoms with Crippen LogP contribution in [0.15, 0.2) is 61.5 Å². The molecule has 2 aromatic carbocycles. The number of aromatic hydroxyl groups is 1. The third kappa shape index (κ3) is 3.75. The molecule has 9 heteroatoms. The Bertz CT molecular complexity index is 1140. The van der Waals surface area contributed by atoms with Crippen LogP contribution in [0.25, 0.3) is 5.69 Å². The Labute approximate surface area is 165 Å². The van der Waals surface area contributed by atoms with Crippen LogP contribution in [0.3, 0.4) is 0 Å². The summed E-state index contributed by atoms with van der Waals surface area (Å²) in [6.07, 6.45) is 1.14. The smallest absolute Gasteiger partial charge is 0.335 e. The Kier molecular flexibility index (Phi) is 5.31. The van der Waals surface area contributed by atoms with E-state index in [4.69, 9.17) is 23.2 Å². The van der Waals surface area contributed by atoms with Crippen LogP contribution < -0.4 is 11.2 Å². The highest BCUT2D eigenvalue weighted by Crippen LogP contribution is 2.28. The average molecular weight is 455 g/mol. The topological polar surface area (TPSA) is 87.5 Å². The van der Waals surface area contributed by atoms with Crippen LogP contribution >= 0.6 is 39.1 Å². The maximum Gasteiger partial charge on any atom is 0.335 e. The van der Waals surface area contributed by atoms with Crippen molar-refractivity contribution in [2.24, 2.45) is 4.99 Å². The second kappa shape index (κ2) is 7.49. The Morgan fingerprint density at radius 3 is 2.62 bits per heavy atom. The van der Waals surface area contributed by atoms with Gasteiger partial charge < -0.3 is 5.11 Å². The minimum absolute atomic E-state index is 0.191. The number of hydrogen-bond acceptors (Lipinski definition) is 4. The molecule has 3 aromatic rings. The predicted octanol–water partition coefficient (Wildman–Crippen LogP) is 4.05. The number of hydrogen-bond donors (Lipinski definition) is 2. The van der Waals surface area contributed by atoms with Crippen molar-refractivity contribution in [2.75, 3.05) is 0 Å². The van der Waals surface area contributed by atoms with Crippen molar-refractivity contribution in [2.45, 2.75) is 0 Å². The Morgan fingerprint density at radius 1 is 1.15 bits per heavy atom. The third-order valence-corrected chi connectivity index (χ3v) is 4.46. The lowest BCUT2D eigenvalue weighted by Gasteiger charge is -2.09. The third-order valence-electron chi connectivity index (χ3n) is 3.43. The van der Waals surface area contributed by atoms with Gasteiger partial charge in [-0.1, -0.05) is 45.2 Å². The van der Waals surface area contributed by atoms with Gasteiger partial charge in [0.05, 0.1) is 16.4 Å². The Hall–Kier alpha value is -2.35. The highest BCUT2D eigenvalue weighted by atomic mass is 79.9. The number of H-pyrrole nitrogens is 1. The first-order chi connectivity index (χ1) is 12.4. The number of aliphatic imine (C=N–C) groups is 1. The molecule has 0 fully saturated rings. The summed E-state index contributed by atoms with van der Waals surface area (Å²) in [5.74, 6) is -0.557. The van der Waals surface area contributed by atoms with Crippen molar-refractivity contribution in [3.8, 4) is 11.6 Å². The molecule has 0 bridgehead atoms. The average Bonchev–Trinajstić information content (AvgIpc) is 2.56. The van der Waals surface area contributed by atoms with E-state index in [9.17, 15) is 14.7 Å². The number of aromatic amines is 1. The first kappa shape index (κ1) is 18.4. The van der Waals surface area contributed by atoms with Gasteiger partial charge in [0.2, 0.25) is 5.88 Å². The lowest BCUT2D eigenvalue weighted by atomic mass is 10.2. The highest BCUT2D eigenvalue weighted by molar-refractivity contribution is 9.10. The molecule has 0 radical (unpaired) electrons. The molecule has 0 aliphatic rings. The molecule has 26 heavy (non-hydrogen) atoms. The number of nitrogens with one attached hydrogen (secondary N) is 1. The minimum Gasteiger partial charge on any atom is -0.493 e. The summed E-state index contributed by atoms with van der Waals surface area (Å²) in [6.45, 7) is 0. The van der Waals surface area contributed by atoms with Crippen molar-refractivity contribution in [3.05, 3.63) is 83.4 Å². The number of halogens is 3. The molecule has 1 aromatic heterocycles. The van der Waals surface area contributed by atoms with Crippen molar-refractivity contribution in [1.29, 1.82) is 0 Å². The van der Waals surface area contributed by atoms with Crippen LogP contribution in [0.1, 0.15) is 5.56 Å². The van der Waals surface area contributed by atoms with Crippen LogP contribution in [0.2, 0.25) is 10.0 Å². The van der Waals surface area contributed by atoms with Gasteiger partial charge >= 0.3 is 5.69 Å². The van der Waals surface area contributed by atoms with Gasteiger partial charge in [-0.2, -0.15) is 0 Å². The molecule has 0 spiro atoms. The zero-order valence-electron chi connectivity index (χ0n) is 12.9. The summed E-state index contributed by atoms with van der Waals surface area (Å²) in [6, 6.07) is 11.3. The fourth-order valence-corrected chi connectivity index (χ4v) is 3.14. The molecule has 0 atom stereocenters. The zero-order chi connectivity index (χ0) is 18.8. The molecule has 0 amide bonds. The Balaban J connectivity index is 2.14. The molecule has 0 aliphatic heterocycles. The normalized spacial score (nSPS) is 11.2. The van der Waals surface area contributed by atoms with Crippen molar-refractivity contribution >= 4 is 51.0 Å². The summed E-state index contributed by atoms with van der Waals surface area (Å²) in [5, 5.41) is 11.2. The maximum absolute atomic E-state index is 12.1. The van der Waals surface area contributed by atoms with E-state index in [1.54, 1.807) is 36.4 Å². The number of rotatable bonds is 3. The fraction of sp³-hybridized carbons (Fsp3) is 0. The quantitative estimate of drug-likeness (QED) is 0.585. The summed E-state index contributed by atoms with van der Waals surface area (Å²) in [5.41, 5.74) is -1.07. The minimum atomic E-state index is -0.798. The highest BCUT2D eigenvalue weighted by Gasteiger charge is 2.14. The van der Waals surface area contributed by atoms with Gasteiger partial charge in [0.15, 0.2) is 0 Å². The second-order valence-electron chi connectivity index (χ2n) is 5.17. The molecule has 3 rings (SSSR count). The largest absolute Gasteiger partial charge is 0.493 e. The molecular weight excluding hydrogens is 445 g/mol. The summed E-state index contributed by atoms with van der Waals surface area (Å²) in [4.78, 5) is 30.5. The van der Waals surface area contributed by atoms with Crippen molar-refractivity contribution < 1.29 is 5.11 Å². The summed E-state index contributed by atoms with van der Waals surface area (Å²) in [7, 11) is 0. The van der Waals surface area contributed by atoms with E-state index in [-0.39, 0.29) is 5.56 Å². The van der Waals surface area contributed by atoms with Crippen molar-refractivity contribution in [3.63, 3.8) is 0 Å². The van der Waals surface area contributed by atoms with Crippen LogP contribution in [0.5, 0.6) is 5.88 Å². The van der Waals surface area contributed by atoms with Crippen LogP contribution in [-0.2, 0) is 0 Å². The molecular formula is C17H10BrCl2N3O3. The van der Waals surface area contributed by atoms with Crippen molar-refractivity contribution in [1.82, 2.24) is 9.55 Å². The van der Waals surface area contributed by atoms with E-state index in [1.165, 1.54) is 6.07 Å². The van der Waals surface area contributed by atoms with E-state index >= 15 is 0 Å². The van der Waals surface area contributed by atoms with Gasteiger partial charge in [-0.15, -0.1) is 0 Å². The predicted molar refractivity (Wildman–Crippen MR) is 106 cm³/mol. The zero-order valence-corrected chi connectivity index (χ0v) is 16.0. The lowest BCUT2D eigenvalue weighted by Crippen LogP contribution is -2.31. The van der Waals surface area contributed by atoms with Gasteiger partial charge in [-0.25, -0.2) is 9.36 Å². The lowest BCUT2D eigenvalue weighted by molar-refractivity contribution is 0.430. The first-order valence-electron chi connectivity index (χ1n) is 7.20. The van der Waals surface area contributed by atoms with Crippen LogP contribution in [-0.4, -0.2) is 20.9 Å². The van der Waals surface area contributed by atoms with Gasteiger partial charge in [0, 0.05) is 15.7 Å². The maximum atomic E-state index is 12.1. The number of aromatic nitrogens is 2. The molecule has 0 aliphatic carbocycles. The van der Waals surface area contributed by atoms with E-state index in [2.05, 4.69) is 25.9 Å². The SMILES string of the molecule is O=c1[nH]c(=O)n(-c2cccc(Cl)c2)c(O)c1C=Nc1ccc(Br)cc1Cl. The number of benzene rings is 2. The summed E-state index contributed by atoms with van der Waals surface area (Å²) < 4.78 is 1.70. The van der Waals surface area contributed by atoms with E-state index in [0.29, 0.717) is 21.4 Å². The first-order valence-corrected chi connectivity index (χ1v) is 8.75.